The number of thioether (sulfide) groups is 1. The molecule has 1 aliphatic rings. The van der Waals surface area contributed by atoms with Gasteiger partial charge >= 0.3 is 11.9 Å². The van der Waals surface area contributed by atoms with Crippen molar-refractivity contribution in [3.05, 3.63) is 0 Å². The lowest BCUT2D eigenvalue weighted by Gasteiger charge is -2.30. The Labute approximate surface area is 83.9 Å². The number of hydrogen-bond acceptors (Lipinski definition) is 4. The second kappa shape index (κ2) is 4.32. The quantitative estimate of drug-likeness (QED) is 0.638. The van der Waals surface area contributed by atoms with Crippen LogP contribution in [0, 0.1) is 0 Å². The molecule has 1 saturated heterocycles. The van der Waals surface area contributed by atoms with E-state index in [4.69, 9.17) is 10.2 Å². The molecule has 0 bridgehead atoms. The summed E-state index contributed by atoms with van der Waals surface area (Å²) in [6, 6.07) is -1.02. The van der Waals surface area contributed by atoms with Crippen LogP contribution in [0.25, 0.3) is 0 Å². The molecule has 6 nitrogen and oxygen atoms in total. The van der Waals surface area contributed by atoms with Crippen molar-refractivity contribution in [2.75, 3.05) is 18.1 Å². The van der Waals surface area contributed by atoms with E-state index in [0.717, 1.165) is 4.90 Å². The summed E-state index contributed by atoms with van der Waals surface area (Å²) < 4.78 is 0. The number of carbonyl (C=O) groups is 3. The van der Waals surface area contributed by atoms with Crippen molar-refractivity contribution in [1.29, 1.82) is 0 Å². The average molecular weight is 219 g/mol. The van der Waals surface area contributed by atoms with E-state index in [1.807, 2.05) is 0 Å². The van der Waals surface area contributed by atoms with Crippen LogP contribution in [0.3, 0.4) is 0 Å². The first kappa shape index (κ1) is 10.8. The van der Waals surface area contributed by atoms with Crippen LogP contribution in [0.15, 0.2) is 0 Å². The van der Waals surface area contributed by atoms with E-state index in [2.05, 4.69) is 0 Å². The molecule has 1 amide bonds. The van der Waals surface area contributed by atoms with Crippen molar-refractivity contribution in [3.63, 3.8) is 0 Å². The Morgan fingerprint density at radius 3 is 2.64 bits per heavy atom. The molecular formula is C7H9NO5S. The number of nitrogens with zero attached hydrogens (tertiary/aromatic N) is 1. The maximum Gasteiger partial charge on any atom is 0.327 e. The molecule has 0 unspecified atom stereocenters. The SMILES string of the molecule is O=C(O)CN1C(=O)CSC[C@H]1C(=O)O. The molecule has 0 spiro atoms. The topological polar surface area (TPSA) is 94.9 Å². The maximum absolute atomic E-state index is 11.2. The minimum absolute atomic E-state index is 0.150. The minimum atomic E-state index is -1.20. The van der Waals surface area contributed by atoms with Crippen LogP contribution >= 0.6 is 11.8 Å². The fraction of sp³-hybridized carbons (Fsp3) is 0.571. The van der Waals surface area contributed by atoms with Gasteiger partial charge in [0.1, 0.15) is 12.6 Å². The molecule has 0 aliphatic carbocycles. The van der Waals surface area contributed by atoms with Gasteiger partial charge in [0.05, 0.1) is 5.75 Å². The Kier molecular flexibility index (Phi) is 3.34. The van der Waals surface area contributed by atoms with Crippen molar-refractivity contribution < 1.29 is 24.6 Å². The number of rotatable bonds is 3. The summed E-state index contributed by atoms with van der Waals surface area (Å²) in [5.74, 6) is -2.40. The van der Waals surface area contributed by atoms with E-state index in [1.165, 1.54) is 11.8 Å². The molecular weight excluding hydrogens is 210 g/mol. The summed E-state index contributed by atoms with van der Waals surface area (Å²) in [6.07, 6.45) is 0. The summed E-state index contributed by atoms with van der Waals surface area (Å²) in [4.78, 5) is 33.2. The van der Waals surface area contributed by atoms with E-state index >= 15 is 0 Å². The predicted molar refractivity (Wildman–Crippen MR) is 48.1 cm³/mol. The lowest BCUT2D eigenvalue weighted by atomic mass is 10.2. The van der Waals surface area contributed by atoms with E-state index in [0.29, 0.717) is 0 Å². The summed E-state index contributed by atoms with van der Waals surface area (Å²) in [6.45, 7) is -0.545. The molecule has 1 heterocycles. The largest absolute Gasteiger partial charge is 0.480 e. The summed E-state index contributed by atoms with van der Waals surface area (Å²) in [7, 11) is 0. The standard InChI is InChI=1S/C7H9NO5S/c9-5-3-14-2-4(7(12)13)8(5)1-6(10)11/h4H,1-3H2,(H,10,11)(H,12,13)/t4-/m0/s1. The first-order valence-corrected chi connectivity index (χ1v) is 4.99. The van der Waals surface area contributed by atoms with Gasteiger partial charge in [-0.1, -0.05) is 0 Å². The molecule has 1 fully saturated rings. The molecule has 0 aromatic carbocycles. The molecule has 2 N–H and O–H groups in total. The third-order valence-corrected chi connectivity index (χ3v) is 2.79. The number of hydrogen-bond donors (Lipinski definition) is 2. The number of carboxylic acid groups (broad SMARTS) is 2. The Bertz CT molecular complexity index is 279. The van der Waals surface area contributed by atoms with Crippen LogP contribution in [0.4, 0.5) is 0 Å². The molecule has 0 saturated carbocycles. The van der Waals surface area contributed by atoms with Gasteiger partial charge in [-0.25, -0.2) is 4.79 Å². The summed E-state index contributed by atoms with van der Waals surface area (Å²) in [5, 5.41) is 17.2. The molecule has 1 rings (SSSR count). The zero-order valence-corrected chi connectivity index (χ0v) is 7.99. The lowest BCUT2D eigenvalue weighted by molar-refractivity contribution is -0.152. The highest BCUT2D eigenvalue weighted by molar-refractivity contribution is 8.00. The number of aliphatic carboxylic acids is 2. The van der Waals surface area contributed by atoms with Crippen molar-refractivity contribution in [1.82, 2.24) is 4.90 Å². The van der Waals surface area contributed by atoms with Gasteiger partial charge in [0.15, 0.2) is 0 Å². The molecule has 0 radical (unpaired) electrons. The average Bonchev–Trinajstić information content (AvgIpc) is 2.07. The smallest absolute Gasteiger partial charge is 0.327 e. The van der Waals surface area contributed by atoms with Crippen molar-refractivity contribution in [2.45, 2.75) is 6.04 Å². The molecule has 0 aromatic rings. The Hall–Kier alpha value is -1.24. The molecule has 14 heavy (non-hydrogen) atoms. The summed E-state index contributed by atoms with van der Waals surface area (Å²) >= 11 is 1.21. The van der Waals surface area contributed by atoms with Gasteiger partial charge < -0.3 is 15.1 Å². The highest BCUT2D eigenvalue weighted by Gasteiger charge is 2.34. The summed E-state index contributed by atoms with van der Waals surface area (Å²) in [5.41, 5.74) is 0. The first-order valence-electron chi connectivity index (χ1n) is 3.84. The van der Waals surface area contributed by atoms with Gasteiger partial charge in [-0.05, 0) is 0 Å². The highest BCUT2D eigenvalue weighted by atomic mass is 32.2. The molecule has 7 heteroatoms. The monoisotopic (exact) mass is 219 g/mol. The molecule has 1 atom stereocenters. The van der Waals surface area contributed by atoms with Crippen LogP contribution in [-0.2, 0) is 14.4 Å². The Morgan fingerprint density at radius 1 is 1.50 bits per heavy atom. The van der Waals surface area contributed by atoms with Crippen molar-refractivity contribution in [3.8, 4) is 0 Å². The first-order chi connectivity index (χ1) is 6.52. The van der Waals surface area contributed by atoms with Crippen LogP contribution in [0.5, 0.6) is 0 Å². The van der Waals surface area contributed by atoms with Crippen LogP contribution < -0.4 is 0 Å². The zero-order chi connectivity index (χ0) is 10.7. The van der Waals surface area contributed by atoms with Gasteiger partial charge in [0, 0.05) is 5.75 Å². The van der Waals surface area contributed by atoms with E-state index in [-0.39, 0.29) is 11.5 Å². The van der Waals surface area contributed by atoms with Crippen molar-refractivity contribution in [2.24, 2.45) is 0 Å². The number of amides is 1. The molecule has 1 aliphatic heterocycles. The second-order valence-electron chi connectivity index (χ2n) is 2.78. The third-order valence-electron chi connectivity index (χ3n) is 1.79. The van der Waals surface area contributed by atoms with Gasteiger partial charge in [0.2, 0.25) is 5.91 Å². The minimum Gasteiger partial charge on any atom is -0.480 e. The van der Waals surface area contributed by atoms with Gasteiger partial charge in [0.25, 0.3) is 0 Å². The predicted octanol–water partition coefficient (Wildman–Crippen LogP) is -0.900. The Morgan fingerprint density at radius 2 is 2.14 bits per heavy atom. The molecule has 78 valence electrons. The van der Waals surface area contributed by atoms with E-state index in [1.54, 1.807) is 0 Å². The normalized spacial score (nSPS) is 22.1. The van der Waals surface area contributed by atoms with Gasteiger partial charge in [-0.3, -0.25) is 9.59 Å². The van der Waals surface area contributed by atoms with E-state index in [9.17, 15) is 14.4 Å². The lowest BCUT2D eigenvalue weighted by Crippen LogP contribution is -2.52. The fourth-order valence-corrected chi connectivity index (χ4v) is 2.16. The van der Waals surface area contributed by atoms with Crippen LogP contribution in [-0.4, -0.2) is 57.1 Å². The maximum atomic E-state index is 11.2. The Balaban J connectivity index is 2.75. The zero-order valence-electron chi connectivity index (χ0n) is 7.17. The number of carbonyl (C=O) groups excluding carboxylic acids is 1. The van der Waals surface area contributed by atoms with Crippen molar-refractivity contribution >= 4 is 29.6 Å². The van der Waals surface area contributed by atoms with Gasteiger partial charge in [-0.15, -0.1) is 11.8 Å². The van der Waals surface area contributed by atoms with Crippen LogP contribution in [0.2, 0.25) is 0 Å². The molecule has 0 aromatic heterocycles. The number of carboxylic acids is 2. The fourth-order valence-electron chi connectivity index (χ4n) is 1.15. The third kappa shape index (κ3) is 2.38. The second-order valence-corrected chi connectivity index (χ2v) is 3.81. The van der Waals surface area contributed by atoms with E-state index < -0.39 is 30.4 Å². The highest BCUT2D eigenvalue weighted by Crippen LogP contribution is 2.17. The van der Waals surface area contributed by atoms with Crippen LogP contribution in [0.1, 0.15) is 0 Å². The van der Waals surface area contributed by atoms with Gasteiger partial charge in [-0.2, -0.15) is 0 Å².